The Balaban J connectivity index is 1.54. The van der Waals surface area contributed by atoms with Gasteiger partial charge in [-0.15, -0.1) is 11.3 Å². The molecule has 1 aliphatic heterocycles. The van der Waals surface area contributed by atoms with Crippen LogP contribution in [0.1, 0.15) is 54.0 Å². The minimum absolute atomic E-state index is 0.512. The maximum absolute atomic E-state index is 5.42. The summed E-state index contributed by atoms with van der Waals surface area (Å²) in [6, 6.07) is 2.97. The van der Waals surface area contributed by atoms with Gasteiger partial charge < -0.3 is 10.1 Å². The molecule has 0 bridgehead atoms. The molecule has 2 heterocycles. The van der Waals surface area contributed by atoms with E-state index in [9.17, 15) is 0 Å². The summed E-state index contributed by atoms with van der Waals surface area (Å²) in [7, 11) is 0. The highest BCUT2D eigenvalue weighted by atomic mass is 32.1. The molecule has 1 unspecified atom stereocenters. The Bertz CT molecular complexity index is 385. The van der Waals surface area contributed by atoms with Crippen LogP contribution in [-0.2, 0) is 17.6 Å². The Morgan fingerprint density at radius 1 is 1.32 bits per heavy atom. The van der Waals surface area contributed by atoms with Gasteiger partial charge in [-0.25, -0.2) is 0 Å². The normalized spacial score (nSPS) is 22.2. The van der Waals surface area contributed by atoms with Crippen LogP contribution in [0.2, 0.25) is 0 Å². The van der Waals surface area contributed by atoms with Gasteiger partial charge >= 0.3 is 0 Å². The number of hydrogen-bond donors (Lipinski definition) is 1. The summed E-state index contributed by atoms with van der Waals surface area (Å²) in [6.45, 7) is 5.37. The Labute approximate surface area is 120 Å². The van der Waals surface area contributed by atoms with Gasteiger partial charge in [-0.1, -0.05) is 0 Å². The van der Waals surface area contributed by atoms with Crippen molar-refractivity contribution in [2.75, 3.05) is 19.8 Å². The van der Waals surface area contributed by atoms with E-state index >= 15 is 0 Å². The summed E-state index contributed by atoms with van der Waals surface area (Å²) in [5, 5.41) is 3.73. The van der Waals surface area contributed by atoms with Gasteiger partial charge in [-0.05, 0) is 69.5 Å². The molecule has 3 rings (SSSR count). The third-order valence-corrected chi connectivity index (χ3v) is 5.92. The molecule has 19 heavy (non-hydrogen) atoms. The first kappa shape index (κ1) is 13.6. The molecule has 1 N–H and O–H groups in total. The lowest BCUT2D eigenvalue weighted by Crippen LogP contribution is -2.29. The summed E-state index contributed by atoms with van der Waals surface area (Å²) in [5.74, 6) is 0.811. The molecule has 0 amide bonds. The average molecular weight is 279 g/mol. The summed E-state index contributed by atoms with van der Waals surface area (Å²) < 4.78 is 5.42. The Morgan fingerprint density at radius 2 is 2.11 bits per heavy atom. The molecule has 1 aromatic heterocycles. The average Bonchev–Trinajstić information content (AvgIpc) is 2.90. The first-order valence-electron chi connectivity index (χ1n) is 7.75. The lowest BCUT2D eigenvalue weighted by molar-refractivity contribution is 0.0656. The summed E-state index contributed by atoms with van der Waals surface area (Å²) >= 11 is 2.04. The number of thiophene rings is 1. The first-order chi connectivity index (χ1) is 9.33. The van der Waals surface area contributed by atoms with Crippen molar-refractivity contribution in [1.29, 1.82) is 0 Å². The molecular formula is C16H25NOS. The quantitative estimate of drug-likeness (QED) is 0.907. The Hall–Kier alpha value is -0.380. The highest BCUT2D eigenvalue weighted by Crippen LogP contribution is 2.32. The van der Waals surface area contributed by atoms with Crippen LogP contribution in [0.3, 0.4) is 0 Å². The number of nitrogens with one attached hydrogen (secondary N) is 1. The molecular weight excluding hydrogens is 254 g/mol. The molecule has 0 radical (unpaired) electrons. The molecule has 3 heteroatoms. The number of hydrogen-bond acceptors (Lipinski definition) is 3. The van der Waals surface area contributed by atoms with E-state index < -0.39 is 0 Å². The topological polar surface area (TPSA) is 21.3 Å². The molecule has 1 fully saturated rings. The molecule has 2 aliphatic rings. The van der Waals surface area contributed by atoms with Crippen LogP contribution >= 0.6 is 11.3 Å². The van der Waals surface area contributed by atoms with Crippen molar-refractivity contribution >= 4 is 11.3 Å². The summed E-state index contributed by atoms with van der Waals surface area (Å²) in [5.41, 5.74) is 1.63. The number of ether oxygens (including phenoxy) is 1. The number of fused-ring (bicyclic) bond motifs is 1. The lowest BCUT2D eigenvalue weighted by Gasteiger charge is -2.24. The van der Waals surface area contributed by atoms with Crippen molar-refractivity contribution in [3.63, 3.8) is 0 Å². The highest BCUT2D eigenvalue weighted by Gasteiger charge is 2.18. The monoisotopic (exact) mass is 279 g/mol. The van der Waals surface area contributed by atoms with Gasteiger partial charge in [0.05, 0.1) is 0 Å². The fourth-order valence-electron chi connectivity index (χ4n) is 3.12. The molecule has 106 valence electrons. The van der Waals surface area contributed by atoms with Crippen LogP contribution in [0.25, 0.3) is 0 Å². The predicted octanol–water partition coefficient (Wildman–Crippen LogP) is 3.70. The Kier molecular flexibility index (Phi) is 4.57. The largest absolute Gasteiger partial charge is 0.381 e. The lowest BCUT2D eigenvalue weighted by atomic mass is 9.98. The maximum Gasteiger partial charge on any atom is 0.0469 e. The zero-order valence-corrected chi connectivity index (χ0v) is 12.7. The second kappa shape index (κ2) is 6.38. The van der Waals surface area contributed by atoms with E-state index in [1.807, 2.05) is 11.3 Å². The van der Waals surface area contributed by atoms with Gasteiger partial charge in [0.2, 0.25) is 0 Å². The van der Waals surface area contributed by atoms with Crippen LogP contribution in [0.4, 0.5) is 0 Å². The molecule has 2 nitrogen and oxygen atoms in total. The molecule has 1 aliphatic carbocycles. The molecule has 0 saturated carbocycles. The van der Waals surface area contributed by atoms with E-state index in [-0.39, 0.29) is 0 Å². The van der Waals surface area contributed by atoms with Gasteiger partial charge in [0.15, 0.2) is 0 Å². The second-order valence-electron chi connectivity index (χ2n) is 5.99. The van der Waals surface area contributed by atoms with E-state index in [4.69, 9.17) is 4.74 Å². The number of aryl methyl sites for hydroxylation is 2. The number of rotatable bonds is 4. The third kappa shape index (κ3) is 3.39. The van der Waals surface area contributed by atoms with Crippen LogP contribution in [-0.4, -0.2) is 19.8 Å². The van der Waals surface area contributed by atoms with Gasteiger partial charge in [0.1, 0.15) is 0 Å². The first-order valence-corrected chi connectivity index (χ1v) is 8.57. The van der Waals surface area contributed by atoms with Crippen LogP contribution in [0.15, 0.2) is 6.07 Å². The van der Waals surface area contributed by atoms with Crippen molar-refractivity contribution in [3.05, 3.63) is 21.4 Å². The third-order valence-electron chi connectivity index (χ3n) is 4.50. The van der Waals surface area contributed by atoms with E-state index in [0.717, 1.165) is 25.7 Å². The molecule has 0 spiro atoms. The van der Waals surface area contributed by atoms with Crippen LogP contribution < -0.4 is 5.32 Å². The van der Waals surface area contributed by atoms with Crippen molar-refractivity contribution in [2.24, 2.45) is 5.92 Å². The van der Waals surface area contributed by atoms with Crippen molar-refractivity contribution in [1.82, 2.24) is 5.32 Å². The minimum Gasteiger partial charge on any atom is -0.381 e. The predicted molar refractivity (Wildman–Crippen MR) is 80.9 cm³/mol. The van der Waals surface area contributed by atoms with E-state index in [0.29, 0.717) is 6.04 Å². The Morgan fingerprint density at radius 3 is 2.89 bits per heavy atom. The van der Waals surface area contributed by atoms with Gasteiger partial charge in [-0.2, -0.15) is 0 Å². The zero-order chi connectivity index (χ0) is 13.1. The van der Waals surface area contributed by atoms with E-state index in [2.05, 4.69) is 18.3 Å². The maximum atomic E-state index is 5.42. The molecule has 1 atom stereocenters. The zero-order valence-electron chi connectivity index (χ0n) is 11.9. The molecule has 1 saturated heterocycles. The smallest absolute Gasteiger partial charge is 0.0469 e. The van der Waals surface area contributed by atoms with E-state index in [1.165, 1.54) is 38.5 Å². The fourth-order valence-corrected chi connectivity index (χ4v) is 4.41. The van der Waals surface area contributed by atoms with Gasteiger partial charge in [-0.3, -0.25) is 0 Å². The van der Waals surface area contributed by atoms with E-state index in [1.54, 1.807) is 15.3 Å². The van der Waals surface area contributed by atoms with Gasteiger partial charge in [0.25, 0.3) is 0 Å². The van der Waals surface area contributed by atoms with Crippen LogP contribution in [0.5, 0.6) is 0 Å². The SMILES string of the molecule is CC(NCC1CCOCC1)c1cc2c(s1)CCCC2. The molecule has 0 aromatic carbocycles. The van der Waals surface area contributed by atoms with Crippen LogP contribution in [0, 0.1) is 5.92 Å². The summed E-state index contributed by atoms with van der Waals surface area (Å²) in [4.78, 5) is 3.19. The standard InChI is InChI=1S/C16H25NOS/c1-12(17-11-13-6-8-18-9-7-13)16-10-14-4-2-3-5-15(14)19-16/h10,12-13,17H,2-9,11H2,1H3. The van der Waals surface area contributed by atoms with Gasteiger partial charge in [0, 0.05) is 29.0 Å². The molecule has 1 aromatic rings. The fraction of sp³-hybridized carbons (Fsp3) is 0.750. The van der Waals surface area contributed by atoms with Crippen molar-refractivity contribution in [2.45, 2.75) is 51.5 Å². The highest BCUT2D eigenvalue weighted by molar-refractivity contribution is 7.12. The minimum atomic E-state index is 0.512. The van der Waals surface area contributed by atoms with Crippen molar-refractivity contribution in [3.8, 4) is 0 Å². The summed E-state index contributed by atoms with van der Waals surface area (Å²) in [6.07, 6.45) is 7.83. The second-order valence-corrected chi connectivity index (χ2v) is 7.16. The van der Waals surface area contributed by atoms with Crippen molar-refractivity contribution < 1.29 is 4.74 Å².